The zero-order valence-corrected chi connectivity index (χ0v) is 14.4. The number of aliphatic hydroxyl groups excluding tert-OH is 1. The average molecular weight is 308 g/mol. The van der Waals surface area contributed by atoms with E-state index in [2.05, 4.69) is 62.1 Å². The molecule has 2 nitrogen and oxygen atoms in total. The fourth-order valence-corrected chi connectivity index (χ4v) is 4.87. The van der Waals surface area contributed by atoms with Crippen LogP contribution in [0.5, 0.6) is 0 Å². The topological polar surface area (TPSA) is 32.3 Å². The Labute approximate surface area is 133 Å². The van der Waals surface area contributed by atoms with E-state index in [1.807, 2.05) is 0 Å². The largest absolute Gasteiger partial charge is 0.394 e. The summed E-state index contributed by atoms with van der Waals surface area (Å²) in [4.78, 5) is 0. The molecule has 0 saturated heterocycles. The van der Waals surface area contributed by atoms with Crippen molar-refractivity contribution in [3.63, 3.8) is 0 Å². The Morgan fingerprint density at radius 3 is 2.81 bits per heavy atom. The van der Waals surface area contributed by atoms with Gasteiger partial charge in [0.1, 0.15) is 0 Å². The third kappa shape index (κ3) is 4.73. The van der Waals surface area contributed by atoms with E-state index in [4.69, 9.17) is 0 Å². The van der Waals surface area contributed by atoms with Crippen LogP contribution in [-0.2, 0) is 5.75 Å². The van der Waals surface area contributed by atoms with Crippen molar-refractivity contribution in [3.05, 3.63) is 35.4 Å². The van der Waals surface area contributed by atoms with Crippen LogP contribution in [0.2, 0.25) is 0 Å². The van der Waals surface area contributed by atoms with Crippen molar-refractivity contribution < 1.29 is 5.11 Å². The summed E-state index contributed by atoms with van der Waals surface area (Å²) in [6.07, 6.45) is 4.67. The zero-order valence-electron chi connectivity index (χ0n) is 13.6. The number of thioether (sulfide) groups is 1. The van der Waals surface area contributed by atoms with E-state index in [0.717, 1.165) is 18.6 Å². The van der Waals surface area contributed by atoms with Crippen molar-refractivity contribution in [2.75, 3.05) is 6.61 Å². The van der Waals surface area contributed by atoms with Gasteiger partial charge in [-0.2, -0.15) is 11.8 Å². The van der Waals surface area contributed by atoms with E-state index >= 15 is 0 Å². The second kappa shape index (κ2) is 7.66. The molecule has 1 aliphatic rings. The molecule has 0 bridgehead atoms. The molecule has 2 rings (SSSR count). The summed E-state index contributed by atoms with van der Waals surface area (Å²) in [6, 6.07) is 9.08. The molecule has 0 aromatic heterocycles. The first-order chi connectivity index (χ1) is 10.0. The van der Waals surface area contributed by atoms with Crippen LogP contribution in [0.15, 0.2) is 24.3 Å². The molecule has 118 valence electrons. The van der Waals surface area contributed by atoms with Crippen LogP contribution in [0.25, 0.3) is 0 Å². The van der Waals surface area contributed by atoms with Gasteiger partial charge in [0.25, 0.3) is 0 Å². The third-order valence-electron chi connectivity index (χ3n) is 4.43. The first-order valence-electron chi connectivity index (χ1n) is 8.09. The van der Waals surface area contributed by atoms with Gasteiger partial charge in [-0.3, -0.25) is 0 Å². The Morgan fingerprint density at radius 1 is 1.38 bits per heavy atom. The molecular formula is C18H29NOS. The Bertz CT molecular complexity index is 449. The lowest BCUT2D eigenvalue weighted by atomic mass is 9.81. The van der Waals surface area contributed by atoms with Gasteiger partial charge in [0.2, 0.25) is 0 Å². The quantitative estimate of drug-likeness (QED) is 0.836. The summed E-state index contributed by atoms with van der Waals surface area (Å²) in [5.41, 5.74) is 2.77. The summed E-state index contributed by atoms with van der Waals surface area (Å²) in [5, 5.41) is 14.1. The molecule has 2 atom stereocenters. The predicted octanol–water partition coefficient (Wildman–Crippen LogP) is 3.90. The monoisotopic (exact) mass is 307 g/mol. The second-order valence-corrected chi connectivity index (χ2v) is 7.98. The molecule has 0 spiro atoms. The number of aliphatic hydroxyl groups is 1. The van der Waals surface area contributed by atoms with Gasteiger partial charge >= 0.3 is 0 Å². The van der Waals surface area contributed by atoms with Crippen LogP contribution < -0.4 is 5.32 Å². The minimum Gasteiger partial charge on any atom is -0.394 e. The molecule has 2 unspecified atom stereocenters. The molecule has 0 aliphatic heterocycles. The van der Waals surface area contributed by atoms with Gasteiger partial charge in [-0.25, -0.2) is 0 Å². The molecule has 1 aromatic rings. The van der Waals surface area contributed by atoms with Gasteiger partial charge in [0.05, 0.1) is 6.61 Å². The lowest BCUT2D eigenvalue weighted by Crippen LogP contribution is -2.54. The molecule has 1 aromatic carbocycles. The summed E-state index contributed by atoms with van der Waals surface area (Å²) < 4.78 is 0. The van der Waals surface area contributed by atoms with Crippen LogP contribution in [0, 0.1) is 6.92 Å². The van der Waals surface area contributed by atoms with Crippen molar-refractivity contribution in [2.45, 2.75) is 69.0 Å². The number of rotatable bonds is 6. The summed E-state index contributed by atoms with van der Waals surface area (Å²) >= 11 is 2.06. The Morgan fingerprint density at radius 2 is 2.14 bits per heavy atom. The zero-order chi connectivity index (χ0) is 15.3. The van der Waals surface area contributed by atoms with Crippen molar-refractivity contribution >= 4 is 11.8 Å². The predicted molar refractivity (Wildman–Crippen MR) is 92.8 cm³/mol. The maximum atomic E-state index is 9.87. The fourth-order valence-electron chi connectivity index (χ4n) is 3.36. The number of nitrogens with one attached hydrogen (secondary N) is 1. The van der Waals surface area contributed by atoms with Gasteiger partial charge in [-0.05, 0) is 37.3 Å². The minimum atomic E-state index is -0.0597. The van der Waals surface area contributed by atoms with Crippen LogP contribution in [0.1, 0.15) is 50.7 Å². The van der Waals surface area contributed by atoms with Crippen molar-refractivity contribution in [3.8, 4) is 0 Å². The highest BCUT2D eigenvalue weighted by molar-refractivity contribution is 7.99. The molecule has 1 saturated carbocycles. The first-order valence-corrected chi connectivity index (χ1v) is 9.14. The smallest absolute Gasteiger partial charge is 0.0613 e. The molecule has 0 radical (unpaired) electrons. The SMILES string of the molecule is Cc1ccccc1CSC1CCCC(CO)(NC(C)C)C1. The van der Waals surface area contributed by atoms with Crippen LogP contribution in [-0.4, -0.2) is 28.5 Å². The second-order valence-electron chi connectivity index (χ2n) is 6.69. The van der Waals surface area contributed by atoms with E-state index in [1.165, 1.54) is 24.0 Å². The molecule has 3 heteroatoms. The van der Waals surface area contributed by atoms with E-state index in [-0.39, 0.29) is 12.1 Å². The summed E-state index contributed by atoms with van der Waals surface area (Å²) in [6.45, 7) is 6.78. The maximum absolute atomic E-state index is 9.87. The van der Waals surface area contributed by atoms with E-state index in [9.17, 15) is 5.11 Å². The molecule has 0 heterocycles. The molecule has 21 heavy (non-hydrogen) atoms. The van der Waals surface area contributed by atoms with Gasteiger partial charge in [-0.1, -0.05) is 44.5 Å². The normalized spacial score (nSPS) is 26.2. The average Bonchev–Trinajstić information content (AvgIpc) is 2.46. The molecular weight excluding hydrogens is 278 g/mol. The van der Waals surface area contributed by atoms with E-state index in [0.29, 0.717) is 11.3 Å². The highest BCUT2D eigenvalue weighted by Crippen LogP contribution is 2.36. The van der Waals surface area contributed by atoms with E-state index in [1.54, 1.807) is 0 Å². The number of hydrogen-bond acceptors (Lipinski definition) is 3. The Hall–Kier alpha value is -0.510. The van der Waals surface area contributed by atoms with Gasteiger partial charge in [0, 0.05) is 22.6 Å². The lowest BCUT2D eigenvalue weighted by molar-refractivity contribution is 0.115. The molecule has 1 aliphatic carbocycles. The fraction of sp³-hybridized carbons (Fsp3) is 0.667. The number of benzene rings is 1. The van der Waals surface area contributed by atoms with Crippen LogP contribution in [0.3, 0.4) is 0 Å². The highest BCUT2D eigenvalue weighted by Gasteiger charge is 2.36. The maximum Gasteiger partial charge on any atom is 0.0613 e. The summed E-state index contributed by atoms with van der Waals surface area (Å²) in [5.74, 6) is 1.08. The molecule has 0 amide bonds. The van der Waals surface area contributed by atoms with Crippen LogP contribution >= 0.6 is 11.8 Å². The molecule has 1 fully saturated rings. The van der Waals surface area contributed by atoms with E-state index < -0.39 is 0 Å². The summed E-state index contributed by atoms with van der Waals surface area (Å²) in [7, 11) is 0. The van der Waals surface area contributed by atoms with Crippen LogP contribution in [0.4, 0.5) is 0 Å². The minimum absolute atomic E-state index is 0.0597. The lowest BCUT2D eigenvalue weighted by Gasteiger charge is -2.41. The third-order valence-corrected chi connectivity index (χ3v) is 5.78. The van der Waals surface area contributed by atoms with Gasteiger partial charge < -0.3 is 10.4 Å². The van der Waals surface area contributed by atoms with Crippen molar-refractivity contribution in [1.29, 1.82) is 0 Å². The standard InChI is InChI=1S/C18H29NOS/c1-14(2)19-18(13-20)10-6-9-17(11-18)21-12-16-8-5-4-7-15(16)3/h4-5,7-8,14,17,19-20H,6,9-13H2,1-3H3. The number of hydrogen-bond donors (Lipinski definition) is 2. The number of aryl methyl sites for hydroxylation is 1. The first kappa shape index (κ1) is 16.9. The Kier molecular flexibility index (Phi) is 6.15. The van der Waals surface area contributed by atoms with Gasteiger partial charge in [-0.15, -0.1) is 0 Å². The highest BCUT2D eigenvalue weighted by atomic mass is 32.2. The molecule has 2 N–H and O–H groups in total. The van der Waals surface area contributed by atoms with Gasteiger partial charge in [0.15, 0.2) is 0 Å². The van der Waals surface area contributed by atoms with Crippen molar-refractivity contribution in [2.24, 2.45) is 0 Å². The Balaban J connectivity index is 1.93. The van der Waals surface area contributed by atoms with Crippen molar-refractivity contribution in [1.82, 2.24) is 5.32 Å².